The minimum absolute atomic E-state index is 0.0231. The van der Waals surface area contributed by atoms with Crippen molar-refractivity contribution in [1.82, 2.24) is 10.6 Å². The lowest BCUT2D eigenvalue weighted by molar-refractivity contribution is -0.127. The lowest BCUT2D eigenvalue weighted by atomic mass is 9.91. The third kappa shape index (κ3) is 4.26. The molecule has 1 heterocycles. The number of amides is 1. The number of hydrogen-bond acceptors (Lipinski definition) is 4. The third-order valence-corrected chi connectivity index (χ3v) is 3.12. The molecule has 0 radical (unpaired) electrons. The summed E-state index contributed by atoms with van der Waals surface area (Å²) in [6, 6.07) is 0. The third-order valence-electron chi connectivity index (χ3n) is 3.12. The summed E-state index contributed by atoms with van der Waals surface area (Å²) < 4.78 is 5.10. The fourth-order valence-electron chi connectivity index (χ4n) is 2.33. The summed E-state index contributed by atoms with van der Waals surface area (Å²) in [6.45, 7) is 4.33. The van der Waals surface area contributed by atoms with Crippen molar-refractivity contribution in [3.63, 3.8) is 0 Å². The van der Waals surface area contributed by atoms with Gasteiger partial charge in [-0.05, 0) is 25.8 Å². The number of nitrogens with one attached hydrogen (secondary N) is 2. The molecule has 1 atom stereocenters. The molecule has 0 saturated carbocycles. The normalized spacial score (nSPS) is 23.9. The Bertz CT molecular complexity index is 228. The second kappa shape index (κ2) is 7.63. The molecule has 0 aromatic heterocycles. The first-order chi connectivity index (χ1) is 8.25. The van der Waals surface area contributed by atoms with Crippen LogP contribution in [-0.2, 0) is 9.53 Å². The second-order valence-electron chi connectivity index (χ2n) is 4.45. The minimum atomic E-state index is -0.355. The Labute approximate surface area is 103 Å². The quantitative estimate of drug-likeness (QED) is 0.527. The Hall–Kier alpha value is -0.650. The molecule has 17 heavy (non-hydrogen) atoms. The van der Waals surface area contributed by atoms with Crippen molar-refractivity contribution in [2.24, 2.45) is 0 Å². The molecule has 5 nitrogen and oxygen atoms in total. The van der Waals surface area contributed by atoms with Gasteiger partial charge in [-0.1, -0.05) is 13.3 Å². The molecular weight excluding hydrogens is 220 g/mol. The van der Waals surface area contributed by atoms with Crippen LogP contribution in [0.3, 0.4) is 0 Å². The molecule has 1 rings (SSSR count). The van der Waals surface area contributed by atoms with Gasteiger partial charge in [0.2, 0.25) is 5.91 Å². The van der Waals surface area contributed by atoms with Crippen LogP contribution in [-0.4, -0.2) is 49.5 Å². The van der Waals surface area contributed by atoms with Gasteiger partial charge in [0.15, 0.2) is 0 Å². The van der Waals surface area contributed by atoms with Gasteiger partial charge in [-0.25, -0.2) is 0 Å². The van der Waals surface area contributed by atoms with E-state index in [2.05, 4.69) is 17.6 Å². The Morgan fingerprint density at radius 1 is 1.53 bits per heavy atom. The zero-order valence-corrected chi connectivity index (χ0v) is 10.6. The molecule has 3 N–H and O–H groups in total. The second-order valence-corrected chi connectivity index (χ2v) is 4.45. The van der Waals surface area contributed by atoms with Crippen molar-refractivity contribution in [2.75, 3.05) is 32.9 Å². The van der Waals surface area contributed by atoms with E-state index in [0.29, 0.717) is 19.8 Å². The fourth-order valence-corrected chi connectivity index (χ4v) is 2.33. The Morgan fingerprint density at radius 3 is 2.94 bits per heavy atom. The van der Waals surface area contributed by atoms with Crippen molar-refractivity contribution < 1.29 is 14.6 Å². The number of carbonyl (C=O) groups is 1. The van der Waals surface area contributed by atoms with E-state index in [1.165, 1.54) is 0 Å². The van der Waals surface area contributed by atoms with Gasteiger partial charge in [0, 0.05) is 6.54 Å². The van der Waals surface area contributed by atoms with Crippen LogP contribution in [0, 0.1) is 0 Å². The maximum Gasteiger partial charge on any atom is 0.240 e. The minimum Gasteiger partial charge on any atom is -0.394 e. The molecule has 0 spiro atoms. The van der Waals surface area contributed by atoms with Gasteiger partial charge >= 0.3 is 0 Å². The summed E-state index contributed by atoms with van der Waals surface area (Å²) in [5.74, 6) is 0.0875. The molecule has 5 heteroatoms. The van der Waals surface area contributed by atoms with Gasteiger partial charge in [-0.2, -0.15) is 0 Å². The number of aliphatic hydroxyl groups excluding tert-OH is 1. The van der Waals surface area contributed by atoms with Crippen molar-refractivity contribution in [3.05, 3.63) is 0 Å². The molecule has 1 amide bonds. The standard InChI is InChI=1S/C12H24N2O3/c1-2-4-12(5-3-6-14-12)11(16)13-7-9-17-10-8-15/h14-15H,2-10H2,1H3,(H,13,16). The zero-order valence-electron chi connectivity index (χ0n) is 10.6. The predicted octanol–water partition coefficient (Wildman–Crippen LogP) is 0.0338. The average Bonchev–Trinajstić information content (AvgIpc) is 2.79. The van der Waals surface area contributed by atoms with E-state index in [1.807, 2.05) is 0 Å². The molecule has 1 aliphatic heterocycles. The van der Waals surface area contributed by atoms with Crippen molar-refractivity contribution >= 4 is 5.91 Å². The summed E-state index contributed by atoms with van der Waals surface area (Å²) in [7, 11) is 0. The van der Waals surface area contributed by atoms with Crippen molar-refractivity contribution in [2.45, 2.75) is 38.1 Å². The predicted molar refractivity (Wildman–Crippen MR) is 65.8 cm³/mol. The molecule has 0 aromatic rings. The molecule has 0 aromatic carbocycles. The maximum absolute atomic E-state index is 12.1. The average molecular weight is 244 g/mol. The van der Waals surface area contributed by atoms with Crippen LogP contribution < -0.4 is 10.6 Å². The fraction of sp³-hybridized carbons (Fsp3) is 0.917. The number of rotatable bonds is 8. The van der Waals surface area contributed by atoms with Gasteiger partial charge in [0.25, 0.3) is 0 Å². The van der Waals surface area contributed by atoms with Crippen molar-refractivity contribution in [3.8, 4) is 0 Å². The summed E-state index contributed by atoms with van der Waals surface area (Å²) in [4.78, 5) is 12.1. The topological polar surface area (TPSA) is 70.6 Å². The molecule has 0 bridgehead atoms. The van der Waals surface area contributed by atoms with Crippen LogP contribution in [0.15, 0.2) is 0 Å². The van der Waals surface area contributed by atoms with E-state index in [9.17, 15) is 4.79 Å². The van der Waals surface area contributed by atoms with Crippen molar-refractivity contribution in [1.29, 1.82) is 0 Å². The maximum atomic E-state index is 12.1. The molecule has 1 fully saturated rings. The monoisotopic (exact) mass is 244 g/mol. The van der Waals surface area contributed by atoms with Gasteiger partial charge in [0.05, 0.1) is 25.4 Å². The van der Waals surface area contributed by atoms with E-state index in [1.54, 1.807) is 0 Å². The van der Waals surface area contributed by atoms with Crippen LogP contribution >= 0.6 is 0 Å². The highest BCUT2D eigenvalue weighted by molar-refractivity contribution is 5.86. The van der Waals surface area contributed by atoms with Gasteiger partial charge in [-0.3, -0.25) is 4.79 Å². The summed E-state index contributed by atoms with van der Waals surface area (Å²) in [6.07, 6.45) is 3.87. The van der Waals surface area contributed by atoms with E-state index in [4.69, 9.17) is 9.84 Å². The first-order valence-electron chi connectivity index (χ1n) is 6.47. The Morgan fingerprint density at radius 2 is 2.35 bits per heavy atom. The Balaban J connectivity index is 2.28. The molecular formula is C12H24N2O3. The lowest BCUT2D eigenvalue weighted by Crippen LogP contribution is -2.53. The highest BCUT2D eigenvalue weighted by Gasteiger charge is 2.39. The van der Waals surface area contributed by atoms with E-state index in [-0.39, 0.29) is 18.1 Å². The van der Waals surface area contributed by atoms with E-state index < -0.39 is 0 Å². The van der Waals surface area contributed by atoms with E-state index >= 15 is 0 Å². The molecule has 1 unspecified atom stereocenters. The van der Waals surface area contributed by atoms with Gasteiger partial charge < -0.3 is 20.5 Å². The summed E-state index contributed by atoms with van der Waals surface area (Å²) in [5, 5.41) is 14.8. The molecule has 100 valence electrons. The SMILES string of the molecule is CCCC1(C(=O)NCCOCCO)CCCN1. The summed E-state index contributed by atoms with van der Waals surface area (Å²) in [5.41, 5.74) is -0.355. The highest BCUT2D eigenvalue weighted by Crippen LogP contribution is 2.24. The molecule has 1 aliphatic rings. The van der Waals surface area contributed by atoms with Crippen LogP contribution in [0.5, 0.6) is 0 Å². The smallest absolute Gasteiger partial charge is 0.240 e. The molecule has 0 aliphatic carbocycles. The number of aliphatic hydroxyl groups is 1. The van der Waals surface area contributed by atoms with Crippen LogP contribution in [0.4, 0.5) is 0 Å². The largest absolute Gasteiger partial charge is 0.394 e. The summed E-state index contributed by atoms with van der Waals surface area (Å²) >= 11 is 0. The molecule has 1 saturated heterocycles. The zero-order chi connectivity index (χ0) is 12.6. The highest BCUT2D eigenvalue weighted by atomic mass is 16.5. The lowest BCUT2D eigenvalue weighted by Gasteiger charge is -2.27. The number of ether oxygens (including phenoxy) is 1. The number of carbonyl (C=O) groups excluding carboxylic acids is 1. The Kier molecular flexibility index (Phi) is 6.47. The van der Waals surface area contributed by atoms with Crippen LogP contribution in [0.2, 0.25) is 0 Å². The van der Waals surface area contributed by atoms with Gasteiger partial charge in [0.1, 0.15) is 0 Å². The van der Waals surface area contributed by atoms with Crippen LogP contribution in [0.25, 0.3) is 0 Å². The first-order valence-corrected chi connectivity index (χ1v) is 6.47. The first kappa shape index (κ1) is 14.4. The number of hydrogen-bond donors (Lipinski definition) is 3. The van der Waals surface area contributed by atoms with Crippen LogP contribution in [0.1, 0.15) is 32.6 Å². The van der Waals surface area contributed by atoms with Gasteiger partial charge in [-0.15, -0.1) is 0 Å². The van der Waals surface area contributed by atoms with E-state index in [0.717, 1.165) is 32.2 Å².